The summed E-state index contributed by atoms with van der Waals surface area (Å²) in [4.78, 5) is 18.2. The minimum atomic E-state index is -0.0517. The third kappa shape index (κ3) is 4.49. The van der Waals surface area contributed by atoms with E-state index in [9.17, 15) is 4.79 Å². The predicted molar refractivity (Wildman–Crippen MR) is 126 cm³/mol. The van der Waals surface area contributed by atoms with Crippen LogP contribution in [-0.4, -0.2) is 38.3 Å². The Kier molecular flexibility index (Phi) is 6.78. The van der Waals surface area contributed by atoms with E-state index in [-0.39, 0.29) is 11.9 Å². The second kappa shape index (κ2) is 9.90. The van der Waals surface area contributed by atoms with E-state index in [0.29, 0.717) is 28.5 Å². The van der Waals surface area contributed by atoms with E-state index >= 15 is 0 Å². The first-order valence-corrected chi connectivity index (χ1v) is 11.2. The number of rotatable bonds is 6. The third-order valence-corrected chi connectivity index (χ3v) is 6.11. The summed E-state index contributed by atoms with van der Waals surface area (Å²) in [6.45, 7) is 0. The monoisotopic (exact) mass is 434 g/mol. The minimum absolute atomic E-state index is 0.0517. The topological polar surface area (TPSA) is 69.7 Å². The summed E-state index contributed by atoms with van der Waals surface area (Å²) in [7, 11) is 4.74. The average Bonchev–Trinajstić information content (AvgIpc) is 3.10. The number of ether oxygens (including phenoxy) is 3. The van der Waals surface area contributed by atoms with Crippen LogP contribution in [0.5, 0.6) is 17.2 Å². The Morgan fingerprint density at radius 2 is 1.56 bits per heavy atom. The van der Waals surface area contributed by atoms with Gasteiger partial charge in [-0.1, -0.05) is 43.9 Å². The van der Waals surface area contributed by atoms with Crippen LogP contribution in [0.3, 0.4) is 0 Å². The fraction of sp³-hybridized carbons (Fsp3) is 0.385. The van der Waals surface area contributed by atoms with Crippen molar-refractivity contribution < 1.29 is 19.0 Å². The maximum atomic E-state index is 13.4. The molecule has 0 aliphatic heterocycles. The molecule has 2 aromatic carbocycles. The van der Waals surface area contributed by atoms with E-state index < -0.39 is 0 Å². The highest BCUT2D eigenvalue weighted by Gasteiger charge is 2.20. The second-order valence-electron chi connectivity index (χ2n) is 8.15. The lowest BCUT2D eigenvalue weighted by Gasteiger charge is -2.18. The van der Waals surface area contributed by atoms with Crippen LogP contribution in [0.2, 0.25) is 0 Å². The van der Waals surface area contributed by atoms with Crippen LogP contribution in [0.4, 0.5) is 0 Å². The quantitative estimate of drug-likeness (QED) is 0.528. The molecule has 1 aliphatic rings. The van der Waals surface area contributed by atoms with E-state index in [4.69, 9.17) is 19.2 Å². The molecule has 6 heteroatoms. The van der Waals surface area contributed by atoms with E-state index in [0.717, 1.165) is 29.3 Å². The van der Waals surface area contributed by atoms with Gasteiger partial charge in [0.25, 0.3) is 5.91 Å². The van der Waals surface area contributed by atoms with E-state index in [2.05, 4.69) is 5.32 Å². The van der Waals surface area contributed by atoms with Crippen LogP contribution in [0, 0.1) is 0 Å². The van der Waals surface area contributed by atoms with Gasteiger partial charge in [-0.05, 0) is 37.1 Å². The van der Waals surface area contributed by atoms with Crippen molar-refractivity contribution in [2.45, 2.75) is 44.6 Å². The molecule has 1 heterocycles. The molecule has 32 heavy (non-hydrogen) atoms. The average molecular weight is 435 g/mol. The largest absolute Gasteiger partial charge is 0.493 e. The fourth-order valence-electron chi connectivity index (χ4n) is 4.43. The van der Waals surface area contributed by atoms with Crippen molar-refractivity contribution in [3.05, 3.63) is 48.0 Å². The highest BCUT2D eigenvalue weighted by atomic mass is 16.5. The molecule has 0 unspecified atom stereocenters. The standard InChI is InChI=1S/C26H30N2O4/c1-30-23-14-17(15-24(31-2)25(23)32-3)22-16-20(19-12-8-9-13-21(19)28-22)26(29)27-18-10-6-4-5-7-11-18/h8-9,12-16,18H,4-7,10-11H2,1-3H3,(H,27,29). The summed E-state index contributed by atoms with van der Waals surface area (Å²) in [5.41, 5.74) is 2.86. The van der Waals surface area contributed by atoms with Gasteiger partial charge in [0.05, 0.1) is 38.1 Å². The first kappa shape index (κ1) is 21.9. The van der Waals surface area contributed by atoms with Gasteiger partial charge < -0.3 is 19.5 Å². The van der Waals surface area contributed by atoms with Crippen molar-refractivity contribution in [1.29, 1.82) is 0 Å². The van der Waals surface area contributed by atoms with Gasteiger partial charge in [-0.15, -0.1) is 0 Å². The minimum Gasteiger partial charge on any atom is -0.493 e. The summed E-state index contributed by atoms with van der Waals surface area (Å²) in [6, 6.07) is 13.5. The molecule has 1 N–H and O–H groups in total. The van der Waals surface area contributed by atoms with Gasteiger partial charge in [-0.2, -0.15) is 0 Å². The lowest BCUT2D eigenvalue weighted by atomic mass is 10.0. The molecule has 0 saturated heterocycles. The number of aromatic nitrogens is 1. The summed E-state index contributed by atoms with van der Waals surface area (Å²) < 4.78 is 16.5. The Hall–Kier alpha value is -3.28. The van der Waals surface area contributed by atoms with Crippen molar-refractivity contribution in [3.8, 4) is 28.5 Å². The lowest BCUT2D eigenvalue weighted by Crippen LogP contribution is -2.34. The van der Waals surface area contributed by atoms with Crippen LogP contribution in [0.1, 0.15) is 48.9 Å². The number of carbonyl (C=O) groups is 1. The lowest BCUT2D eigenvalue weighted by molar-refractivity contribution is 0.0935. The van der Waals surface area contributed by atoms with Crippen molar-refractivity contribution in [2.75, 3.05) is 21.3 Å². The van der Waals surface area contributed by atoms with Gasteiger partial charge in [-0.3, -0.25) is 4.79 Å². The highest BCUT2D eigenvalue weighted by molar-refractivity contribution is 6.07. The van der Waals surface area contributed by atoms with Crippen molar-refractivity contribution in [1.82, 2.24) is 10.3 Å². The van der Waals surface area contributed by atoms with Gasteiger partial charge in [0, 0.05) is 17.0 Å². The zero-order valence-electron chi connectivity index (χ0n) is 18.9. The van der Waals surface area contributed by atoms with Crippen molar-refractivity contribution in [3.63, 3.8) is 0 Å². The smallest absolute Gasteiger partial charge is 0.252 e. The normalized spacial score (nSPS) is 14.6. The highest BCUT2D eigenvalue weighted by Crippen LogP contribution is 2.41. The molecule has 1 aromatic heterocycles. The Bertz CT molecular complexity index is 1080. The molecule has 6 nitrogen and oxygen atoms in total. The maximum Gasteiger partial charge on any atom is 0.252 e. The van der Waals surface area contributed by atoms with Crippen LogP contribution in [0.25, 0.3) is 22.2 Å². The summed E-state index contributed by atoms with van der Waals surface area (Å²) in [5.74, 6) is 1.55. The molecule has 1 aliphatic carbocycles. The molecular weight excluding hydrogens is 404 g/mol. The summed E-state index contributed by atoms with van der Waals surface area (Å²) in [6.07, 6.45) is 6.89. The SMILES string of the molecule is COc1cc(-c2cc(C(=O)NC3CCCCCC3)c3ccccc3n2)cc(OC)c1OC. The van der Waals surface area contributed by atoms with Crippen LogP contribution in [-0.2, 0) is 0 Å². The van der Waals surface area contributed by atoms with Crippen LogP contribution >= 0.6 is 0 Å². The van der Waals surface area contributed by atoms with Crippen molar-refractivity contribution >= 4 is 16.8 Å². The summed E-state index contributed by atoms with van der Waals surface area (Å²) >= 11 is 0. The van der Waals surface area contributed by atoms with Gasteiger partial charge in [0.1, 0.15) is 0 Å². The second-order valence-corrected chi connectivity index (χ2v) is 8.15. The van der Waals surface area contributed by atoms with Crippen LogP contribution < -0.4 is 19.5 Å². The summed E-state index contributed by atoms with van der Waals surface area (Å²) in [5, 5.41) is 4.12. The number of para-hydroxylation sites is 1. The zero-order chi connectivity index (χ0) is 22.5. The first-order chi connectivity index (χ1) is 15.6. The molecule has 0 bridgehead atoms. The number of nitrogens with zero attached hydrogens (tertiary/aromatic N) is 1. The molecule has 1 fully saturated rings. The maximum absolute atomic E-state index is 13.4. The first-order valence-electron chi connectivity index (χ1n) is 11.2. The van der Waals surface area contributed by atoms with Gasteiger partial charge in [0.2, 0.25) is 5.75 Å². The molecule has 1 saturated carbocycles. The van der Waals surface area contributed by atoms with Crippen molar-refractivity contribution in [2.24, 2.45) is 0 Å². The zero-order valence-corrected chi connectivity index (χ0v) is 18.9. The number of amides is 1. The van der Waals surface area contributed by atoms with E-state index in [1.54, 1.807) is 21.3 Å². The number of hydrogen-bond acceptors (Lipinski definition) is 5. The Morgan fingerprint density at radius 3 is 2.19 bits per heavy atom. The van der Waals surface area contributed by atoms with E-state index in [1.165, 1.54) is 25.7 Å². The molecule has 1 amide bonds. The molecular formula is C26H30N2O4. The number of fused-ring (bicyclic) bond motifs is 1. The Labute approximate surface area is 188 Å². The Morgan fingerprint density at radius 1 is 0.906 bits per heavy atom. The molecule has 0 radical (unpaired) electrons. The number of carbonyl (C=O) groups excluding carboxylic acids is 1. The molecule has 0 atom stereocenters. The van der Waals surface area contributed by atoms with E-state index in [1.807, 2.05) is 42.5 Å². The molecule has 3 aromatic rings. The molecule has 4 rings (SSSR count). The van der Waals surface area contributed by atoms with Gasteiger partial charge in [-0.25, -0.2) is 4.98 Å². The molecule has 0 spiro atoms. The number of benzene rings is 2. The molecule has 168 valence electrons. The number of hydrogen-bond donors (Lipinski definition) is 1. The third-order valence-electron chi connectivity index (χ3n) is 6.11. The Balaban J connectivity index is 1.78. The van der Waals surface area contributed by atoms with Gasteiger partial charge in [0.15, 0.2) is 11.5 Å². The number of methoxy groups -OCH3 is 3. The van der Waals surface area contributed by atoms with Gasteiger partial charge >= 0.3 is 0 Å². The van der Waals surface area contributed by atoms with Crippen LogP contribution in [0.15, 0.2) is 42.5 Å². The predicted octanol–water partition coefficient (Wildman–Crippen LogP) is 5.38. The fourth-order valence-corrected chi connectivity index (χ4v) is 4.43. The number of nitrogens with one attached hydrogen (secondary N) is 1. The number of pyridine rings is 1.